The van der Waals surface area contributed by atoms with E-state index in [0.717, 1.165) is 21.2 Å². The molecule has 0 bridgehead atoms. The van der Waals surface area contributed by atoms with E-state index in [1.54, 1.807) is 42.6 Å². The van der Waals surface area contributed by atoms with Gasteiger partial charge in [0, 0.05) is 17.5 Å². The average Bonchev–Trinajstić information content (AvgIpc) is 3.50. The number of thiophene rings is 1. The summed E-state index contributed by atoms with van der Waals surface area (Å²) in [6.07, 6.45) is 1.16. The first kappa shape index (κ1) is 29.6. The van der Waals surface area contributed by atoms with Crippen LogP contribution in [-0.4, -0.2) is 56.9 Å². The van der Waals surface area contributed by atoms with E-state index < -0.39 is 10.0 Å². The SMILES string of the molecule is CCC(C)N(CC(=O)N(CCc1ccc(OC)c(OC)c1)Cc1cccs1)S(=O)(=O)c1ccc2ccccc2c1. The van der Waals surface area contributed by atoms with Crippen LogP contribution in [0.4, 0.5) is 0 Å². The zero-order chi connectivity index (χ0) is 28.7. The van der Waals surface area contributed by atoms with Crippen LogP contribution < -0.4 is 9.47 Å². The van der Waals surface area contributed by atoms with E-state index in [-0.39, 0.29) is 23.4 Å². The highest BCUT2D eigenvalue weighted by Crippen LogP contribution is 2.28. The molecule has 7 nitrogen and oxygen atoms in total. The van der Waals surface area contributed by atoms with Gasteiger partial charge in [-0.05, 0) is 71.8 Å². The Morgan fingerprint density at radius 1 is 0.925 bits per heavy atom. The van der Waals surface area contributed by atoms with Gasteiger partial charge in [-0.3, -0.25) is 4.79 Å². The van der Waals surface area contributed by atoms with Gasteiger partial charge in [-0.2, -0.15) is 4.31 Å². The summed E-state index contributed by atoms with van der Waals surface area (Å²) in [4.78, 5) is 16.8. The van der Waals surface area contributed by atoms with Crippen LogP contribution in [0.5, 0.6) is 11.5 Å². The molecule has 212 valence electrons. The molecule has 0 aliphatic heterocycles. The number of amides is 1. The fourth-order valence-corrected chi connectivity index (χ4v) is 6.97. The molecule has 0 aliphatic carbocycles. The molecule has 1 aromatic heterocycles. The van der Waals surface area contributed by atoms with Crippen molar-refractivity contribution in [2.75, 3.05) is 27.3 Å². The van der Waals surface area contributed by atoms with Crippen molar-refractivity contribution >= 4 is 38.0 Å². The van der Waals surface area contributed by atoms with Crippen molar-refractivity contribution in [1.29, 1.82) is 0 Å². The summed E-state index contributed by atoms with van der Waals surface area (Å²) in [5.41, 5.74) is 0.990. The second-order valence-corrected chi connectivity index (χ2v) is 12.6. The Hall–Kier alpha value is -3.40. The number of rotatable bonds is 13. The monoisotopic (exact) mass is 580 g/mol. The largest absolute Gasteiger partial charge is 0.493 e. The number of methoxy groups -OCH3 is 2. The number of nitrogens with zero attached hydrogens (tertiary/aromatic N) is 2. The van der Waals surface area contributed by atoms with Gasteiger partial charge >= 0.3 is 0 Å². The quantitative estimate of drug-likeness (QED) is 0.195. The second-order valence-electron chi connectivity index (χ2n) is 9.65. The van der Waals surface area contributed by atoms with Crippen LogP contribution in [0.25, 0.3) is 10.8 Å². The van der Waals surface area contributed by atoms with E-state index >= 15 is 0 Å². The molecular formula is C31H36N2O5S2. The first-order chi connectivity index (χ1) is 19.3. The fraction of sp³-hybridized carbons (Fsp3) is 0.323. The van der Waals surface area contributed by atoms with Crippen molar-refractivity contribution in [3.8, 4) is 11.5 Å². The first-order valence-electron chi connectivity index (χ1n) is 13.3. The van der Waals surface area contributed by atoms with Crippen LogP contribution in [0.15, 0.2) is 83.1 Å². The second kappa shape index (κ2) is 13.3. The Morgan fingerprint density at radius 2 is 1.68 bits per heavy atom. The van der Waals surface area contributed by atoms with E-state index in [9.17, 15) is 13.2 Å². The molecule has 0 N–H and O–H groups in total. The lowest BCUT2D eigenvalue weighted by Gasteiger charge is -2.30. The topological polar surface area (TPSA) is 76.2 Å². The van der Waals surface area contributed by atoms with E-state index in [1.165, 1.54) is 4.31 Å². The van der Waals surface area contributed by atoms with Gasteiger partial charge in [0.05, 0.1) is 32.2 Å². The van der Waals surface area contributed by atoms with Crippen molar-refractivity contribution in [3.63, 3.8) is 0 Å². The molecule has 3 aromatic carbocycles. The number of carbonyl (C=O) groups excluding carboxylic acids is 1. The number of hydrogen-bond donors (Lipinski definition) is 0. The Morgan fingerprint density at radius 3 is 2.35 bits per heavy atom. The van der Waals surface area contributed by atoms with Crippen LogP contribution >= 0.6 is 11.3 Å². The Bertz CT molecular complexity index is 1540. The molecule has 1 atom stereocenters. The van der Waals surface area contributed by atoms with E-state index in [4.69, 9.17) is 9.47 Å². The zero-order valence-electron chi connectivity index (χ0n) is 23.4. The third-order valence-electron chi connectivity index (χ3n) is 7.10. The number of carbonyl (C=O) groups is 1. The van der Waals surface area contributed by atoms with E-state index in [1.807, 2.05) is 79.9 Å². The van der Waals surface area contributed by atoms with Gasteiger partial charge in [0.15, 0.2) is 11.5 Å². The maximum atomic E-state index is 13.9. The Kier molecular flexibility index (Phi) is 9.84. The van der Waals surface area contributed by atoms with Crippen molar-refractivity contribution in [2.24, 2.45) is 0 Å². The molecule has 0 radical (unpaired) electrons. The predicted molar refractivity (Wildman–Crippen MR) is 161 cm³/mol. The van der Waals surface area contributed by atoms with Gasteiger partial charge in [-0.25, -0.2) is 8.42 Å². The maximum Gasteiger partial charge on any atom is 0.243 e. The van der Waals surface area contributed by atoms with Crippen molar-refractivity contribution in [2.45, 2.75) is 44.2 Å². The number of ether oxygens (including phenoxy) is 2. The fourth-order valence-electron chi connectivity index (χ4n) is 4.56. The molecule has 0 fully saturated rings. The standard InChI is InChI=1S/C31H36N2O5S2/c1-5-23(2)33(40(35,36)28-14-13-25-9-6-7-10-26(25)20-28)22-31(34)32(21-27-11-8-18-39-27)17-16-24-12-15-29(37-3)30(19-24)38-4/h6-15,18-20,23H,5,16-17,21-22H2,1-4H3. The molecule has 0 spiro atoms. The summed E-state index contributed by atoms with van der Waals surface area (Å²) in [7, 11) is -0.738. The average molecular weight is 581 g/mol. The lowest BCUT2D eigenvalue weighted by Crippen LogP contribution is -2.46. The number of fused-ring (bicyclic) bond motifs is 1. The Labute approximate surface area is 241 Å². The number of hydrogen-bond acceptors (Lipinski definition) is 6. The number of benzene rings is 3. The predicted octanol–water partition coefficient (Wildman–Crippen LogP) is 5.98. The van der Waals surface area contributed by atoms with Crippen LogP contribution in [0, 0.1) is 0 Å². The smallest absolute Gasteiger partial charge is 0.243 e. The van der Waals surface area contributed by atoms with Gasteiger partial charge in [0.2, 0.25) is 15.9 Å². The van der Waals surface area contributed by atoms with E-state index in [2.05, 4.69) is 0 Å². The summed E-state index contributed by atoms with van der Waals surface area (Å²) in [5.74, 6) is 1.03. The summed E-state index contributed by atoms with van der Waals surface area (Å²) in [5, 5.41) is 3.78. The minimum absolute atomic E-state index is 0.189. The highest BCUT2D eigenvalue weighted by Gasteiger charge is 2.32. The third-order valence-corrected chi connectivity index (χ3v) is 9.92. The lowest BCUT2D eigenvalue weighted by atomic mass is 10.1. The lowest BCUT2D eigenvalue weighted by molar-refractivity contribution is -0.132. The minimum Gasteiger partial charge on any atom is -0.493 e. The molecule has 40 heavy (non-hydrogen) atoms. The summed E-state index contributed by atoms with van der Waals surface area (Å²) >= 11 is 1.57. The summed E-state index contributed by atoms with van der Waals surface area (Å²) in [6, 6.07) is 22.1. The van der Waals surface area contributed by atoms with Crippen LogP contribution in [0.2, 0.25) is 0 Å². The summed E-state index contributed by atoms with van der Waals surface area (Å²) < 4.78 is 39.9. The third kappa shape index (κ3) is 6.83. The van der Waals surface area contributed by atoms with Crippen molar-refractivity contribution < 1.29 is 22.7 Å². The Balaban J connectivity index is 1.59. The van der Waals surface area contributed by atoms with Gasteiger partial charge in [-0.15, -0.1) is 11.3 Å². The molecule has 4 aromatic rings. The van der Waals surface area contributed by atoms with Gasteiger partial charge in [-0.1, -0.05) is 49.4 Å². The molecule has 4 rings (SSSR count). The van der Waals surface area contributed by atoms with Crippen LogP contribution in [0.1, 0.15) is 30.7 Å². The molecular weight excluding hydrogens is 544 g/mol. The highest BCUT2D eigenvalue weighted by molar-refractivity contribution is 7.89. The zero-order valence-corrected chi connectivity index (χ0v) is 25.0. The summed E-state index contributed by atoms with van der Waals surface area (Å²) in [6.45, 7) is 4.38. The first-order valence-corrected chi connectivity index (χ1v) is 15.6. The van der Waals surface area contributed by atoms with Gasteiger partial charge in [0.1, 0.15) is 0 Å². The van der Waals surface area contributed by atoms with Crippen LogP contribution in [-0.2, 0) is 27.8 Å². The van der Waals surface area contributed by atoms with Gasteiger partial charge < -0.3 is 14.4 Å². The molecule has 9 heteroatoms. The van der Waals surface area contributed by atoms with Crippen molar-refractivity contribution in [1.82, 2.24) is 9.21 Å². The van der Waals surface area contributed by atoms with Gasteiger partial charge in [0.25, 0.3) is 0 Å². The van der Waals surface area contributed by atoms with E-state index in [0.29, 0.717) is 37.4 Å². The number of sulfonamides is 1. The molecule has 1 unspecified atom stereocenters. The van der Waals surface area contributed by atoms with Crippen molar-refractivity contribution in [3.05, 3.63) is 88.6 Å². The highest BCUT2D eigenvalue weighted by atomic mass is 32.2. The van der Waals surface area contributed by atoms with Crippen LogP contribution in [0.3, 0.4) is 0 Å². The molecule has 1 amide bonds. The normalized spacial score (nSPS) is 12.4. The molecule has 0 saturated carbocycles. The minimum atomic E-state index is -3.92. The molecule has 0 aliphatic rings. The molecule has 0 saturated heterocycles. The molecule has 1 heterocycles. The maximum absolute atomic E-state index is 13.9.